The molecule has 2 N–H and O–H groups in total. The lowest BCUT2D eigenvalue weighted by Gasteiger charge is -2.39. The maximum absolute atomic E-state index is 10.3. The van der Waals surface area contributed by atoms with Crippen LogP contribution in [0.15, 0.2) is 16.8 Å². The van der Waals surface area contributed by atoms with Gasteiger partial charge in [0.2, 0.25) is 0 Å². The molecule has 1 heterocycles. The van der Waals surface area contributed by atoms with Gasteiger partial charge in [0.1, 0.15) is 0 Å². The van der Waals surface area contributed by atoms with Crippen LogP contribution in [0.1, 0.15) is 39.3 Å². The van der Waals surface area contributed by atoms with Crippen molar-refractivity contribution < 1.29 is 10.3 Å². The average Bonchev–Trinajstić information content (AvgIpc) is 2.70. The lowest BCUT2D eigenvalue weighted by atomic mass is 9.94. The molecule has 0 bridgehead atoms. The van der Waals surface area contributed by atoms with Crippen molar-refractivity contribution in [2.75, 3.05) is 6.61 Å². The normalized spacial score (nSPS) is 14.8. The van der Waals surface area contributed by atoms with E-state index >= 15 is 0 Å². The highest BCUT2D eigenvalue weighted by molar-refractivity contribution is 7.07. The summed E-state index contributed by atoms with van der Waals surface area (Å²) in [6.07, 6.45) is 0. The minimum absolute atomic E-state index is 0.0726. The third kappa shape index (κ3) is 2.83. The summed E-state index contributed by atoms with van der Waals surface area (Å²) in [6, 6.07) is 1.94. The van der Waals surface area contributed by atoms with Gasteiger partial charge in [-0.2, -0.15) is 16.4 Å². The molecule has 0 spiro atoms. The van der Waals surface area contributed by atoms with Crippen molar-refractivity contribution >= 4 is 11.3 Å². The number of nitrogens with zero attached hydrogens (tertiary/aromatic N) is 1. The smallest absolute Gasteiger partial charge is 0.0641 e. The predicted molar refractivity (Wildman–Crippen MR) is 66.7 cm³/mol. The van der Waals surface area contributed by atoms with Gasteiger partial charge in [-0.1, -0.05) is 13.8 Å². The van der Waals surface area contributed by atoms with Gasteiger partial charge in [0, 0.05) is 0 Å². The van der Waals surface area contributed by atoms with Crippen molar-refractivity contribution in [1.82, 2.24) is 5.06 Å². The van der Waals surface area contributed by atoms with E-state index in [-0.39, 0.29) is 18.6 Å². The Morgan fingerprint density at radius 3 is 2.44 bits per heavy atom. The molecule has 0 saturated carbocycles. The largest absolute Gasteiger partial charge is 0.394 e. The summed E-state index contributed by atoms with van der Waals surface area (Å²) >= 11 is 1.62. The highest BCUT2D eigenvalue weighted by atomic mass is 32.1. The summed E-state index contributed by atoms with van der Waals surface area (Å²) in [5.74, 6) is 0.283. The molecule has 0 saturated heterocycles. The van der Waals surface area contributed by atoms with Crippen LogP contribution in [-0.2, 0) is 0 Å². The summed E-state index contributed by atoms with van der Waals surface area (Å²) in [5, 5.41) is 24.9. The first-order valence-electron chi connectivity index (χ1n) is 5.51. The lowest BCUT2D eigenvalue weighted by molar-refractivity contribution is -0.214. The van der Waals surface area contributed by atoms with E-state index in [9.17, 15) is 10.3 Å². The molecule has 4 heteroatoms. The van der Waals surface area contributed by atoms with Crippen LogP contribution < -0.4 is 0 Å². The first-order chi connectivity index (χ1) is 7.40. The summed E-state index contributed by atoms with van der Waals surface area (Å²) in [5.41, 5.74) is 0.473. The highest BCUT2D eigenvalue weighted by Crippen LogP contribution is 2.33. The summed E-state index contributed by atoms with van der Waals surface area (Å²) in [4.78, 5) is 0. The van der Waals surface area contributed by atoms with Crippen molar-refractivity contribution in [3.63, 3.8) is 0 Å². The van der Waals surface area contributed by atoms with Gasteiger partial charge in [0.15, 0.2) is 0 Å². The van der Waals surface area contributed by atoms with Crippen molar-refractivity contribution in [3.8, 4) is 0 Å². The zero-order valence-corrected chi connectivity index (χ0v) is 11.2. The molecule has 0 radical (unpaired) electrons. The molecule has 1 rings (SSSR count). The van der Waals surface area contributed by atoms with Gasteiger partial charge in [-0.3, -0.25) is 0 Å². The quantitative estimate of drug-likeness (QED) is 0.782. The van der Waals surface area contributed by atoms with Crippen LogP contribution in [0.4, 0.5) is 0 Å². The molecule has 1 unspecified atom stereocenters. The van der Waals surface area contributed by atoms with E-state index in [0.29, 0.717) is 0 Å². The third-order valence-corrected chi connectivity index (χ3v) is 3.49. The second kappa shape index (κ2) is 5.27. The number of hydrogen-bond donors (Lipinski definition) is 2. The molecule has 3 nitrogen and oxygen atoms in total. The number of hydroxylamine groups is 2. The fraction of sp³-hybridized carbons (Fsp3) is 0.667. The van der Waals surface area contributed by atoms with Gasteiger partial charge in [-0.05, 0) is 42.2 Å². The van der Waals surface area contributed by atoms with Crippen LogP contribution in [-0.4, -0.2) is 27.5 Å². The van der Waals surface area contributed by atoms with Gasteiger partial charge in [-0.15, -0.1) is 0 Å². The van der Waals surface area contributed by atoms with Crippen molar-refractivity contribution in [3.05, 3.63) is 22.4 Å². The van der Waals surface area contributed by atoms with E-state index in [4.69, 9.17) is 0 Å². The Morgan fingerprint density at radius 2 is 2.06 bits per heavy atom. The second-order valence-corrected chi connectivity index (χ2v) is 5.84. The third-order valence-electron chi connectivity index (χ3n) is 2.79. The SMILES string of the molecule is CC(C)C(c1ccsc1)N(O)C(C)(C)CO. The van der Waals surface area contributed by atoms with E-state index in [2.05, 4.69) is 13.8 Å². The Labute approximate surface area is 101 Å². The number of rotatable bonds is 5. The zero-order valence-electron chi connectivity index (χ0n) is 10.3. The molecule has 0 aliphatic carbocycles. The van der Waals surface area contributed by atoms with Crippen LogP contribution >= 0.6 is 11.3 Å². The number of aliphatic hydroxyl groups is 1. The predicted octanol–water partition coefficient (Wildman–Crippen LogP) is 2.91. The standard InChI is InChI=1S/C12H21NO2S/c1-9(2)11(10-5-6-16-7-10)13(15)12(3,4)8-14/h5-7,9,11,14-15H,8H2,1-4H3. The van der Waals surface area contributed by atoms with E-state index in [1.807, 2.05) is 30.7 Å². The molecular weight excluding hydrogens is 222 g/mol. The molecular formula is C12H21NO2S. The van der Waals surface area contributed by atoms with Gasteiger partial charge >= 0.3 is 0 Å². The van der Waals surface area contributed by atoms with Gasteiger partial charge in [-0.25, -0.2) is 0 Å². The fourth-order valence-corrected chi connectivity index (χ4v) is 2.39. The Kier molecular flexibility index (Phi) is 4.50. The number of hydrogen-bond acceptors (Lipinski definition) is 4. The molecule has 0 aliphatic heterocycles. The molecule has 0 fully saturated rings. The van der Waals surface area contributed by atoms with Crippen LogP contribution in [0.3, 0.4) is 0 Å². The number of aliphatic hydroxyl groups excluding tert-OH is 1. The Morgan fingerprint density at radius 1 is 1.44 bits per heavy atom. The van der Waals surface area contributed by atoms with E-state index in [1.165, 1.54) is 5.06 Å². The average molecular weight is 243 g/mol. The lowest BCUT2D eigenvalue weighted by Crippen LogP contribution is -2.47. The second-order valence-electron chi connectivity index (χ2n) is 5.06. The molecule has 1 aromatic heterocycles. The summed E-state index contributed by atoms with van der Waals surface area (Å²) < 4.78 is 0. The minimum atomic E-state index is -0.628. The van der Waals surface area contributed by atoms with Crippen molar-refractivity contribution in [2.45, 2.75) is 39.3 Å². The Balaban J connectivity index is 2.96. The summed E-state index contributed by atoms with van der Waals surface area (Å²) in [7, 11) is 0. The van der Waals surface area contributed by atoms with Crippen LogP contribution in [0.25, 0.3) is 0 Å². The Hall–Kier alpha value is -0.420. The van der Waals surface area contributed by atoms with E-state index in [1.54, 1.807) is 11.3 Å². The molecule has 1 aromatic rings. The van der Waals surface area contributed by atoms with Crippen LogP contribution in [0.2, 0.25) is 0 Å². The monoisotopic (exact) mass is 243 g/mol. The summed E-state index contributed by atoms with van der Waals surface area (Å²) in [6.45, 7) is 7.72. The fourth-order valence-electron chi connectivity index (χ4n) is 1.70. The minimum Gasteiger partial charge on any atom is -0.394 e. The van der Waals surface area contributed by atoms with E-state index < -0.39 is 5.54 Å². The molecule has 16 heavy (non-hydrogen) atoms. The maximum atomic E-state index is 10.3. The highest BCUT2D eigenvalue weighted by Gasteiger charge is 2.33. The first kappa shape index (κ1) is 13.6. The molecule has 0 amide bonds. The maximum Gasteiger partial charge on any atom is 0.0641 e. The molecule has 92 valence electrons. The van der Waals surface area contributed by atoms with Crippen molar-refractivity contribution in [1.29, 1.82) is 0 Å². The van der Waals surface area contributed by atoms with Crippen LogP contribution in [0, 0.1) is 5.92 Å². The Bertz CT molecular complexity index is 309. The zero-order chi connectivity index (χ0) is 12.3. The van der Waals surface area contributed by atoms with Crippen molar-refractivity contribution in [2.24, 2.45) is 5.92 Å². The van der Waals surface area contributed by atoms with Gasteiger partial charge < -0.3 is 10.3 Å². The van der Waals surface area contributed by atoms with Gasteiger partial charge in [0.25, 0.3) is 0 Å². The van der Waals surface area contributed by atoms with Crippen LogP contribution in [0.5, 0.6) is 0 Å². The van der Waals surface area contributed by atoms with E-state index in [0.717, 1.165) is 5.56 Å². The molecule has 0 aromatic carbocycles. The van der Waals surface area contributed by atoms with Gasteiger partial charge in [0.05, 0.1) is 18.2 Å². The molecule has 0 aliphatic rings. The number of thiophene rings is 1. The topological polar surface area (TPSA) is 43.7 Å². The molecule has 1 atom stereocenters. The first-order valence-corrected chi connectivity index (χ1v) is 6.45.